The topological polar surface area (TPSA) is 60.8 Å². The van der Waals surface area contributed by atoms with Gasteiger partial charge in [-0.15, -0.1) is 0 Å². The predicted molar refractivity (Wildman–Crippen MR) is 41.6 cm³/mol. The lowest BCUT2D eigenvalue weighted by molar-refractivity contribution is 0.0860. The first-order valence-corrected chi connectivity index (χ1v) is 3.51. The number of aliphatic hydroxyl groups is 1. The summed E-state index contributed by atoms with van der Waals surface area (Å²) < 4.78 is 0. The molecule has 4 nitrogen and oxygen atoms in total. The molecule has 0 aromatic heterocycles. The highest BCUT2D eigenvalue weighted by Crippen LogP contribution is 2.11. The molecule has 0 bridgehead atoms. The van der Waals surface area contributed by atoms with E-state index in [0.29, 0.717) is 0 Å². The number of hydrogen-bond acceptors (Lipinski definition) is 2. The van der Waals surface area contributed by atoms with Crippen molar-refractivity contribution in [3.63, 3.8) is 0 Å². The SMILES string of the molecule is CC(C)(C)N(CCO)C(=O)O. The molecule has 0 aliphatic carbocycles. The minimum atomic E-state index is -0.994. The second kappa shape index (κ2) is 3.57. The van der Waals surface area contributed by atoms with Crippen LogP contribution in [0.25, 0.3) is 0 Å². The van der Waals surface area contributed by atoms with Crippen molar-refractivity contribution in [3.05, 3.63) is 0 Å². The van der Waals surface area contributed by atoms with E-state index in [1.165, 1.54) is 4.90 Å². The van der Waals surface area contributed by atoms with E-state index in [4.69, 9.17) is 10.2 Å². The van der Waals surface area contributed by atoms with Crippen LogP contribution in [0.5, 0.6) is 0 Å². The molecular weight excluding hydrogens is 146 g/mol. The van der Waals surface area contributed by atoms with Crippen molar-refractivity contribution in [1.29, 1.82) is 0 Å². The molecule has 0 rings (SSSR count). The van der Waals surface area contributed by atoms with Gasteiger partial charge in [0, 0.05) is 12.1 Å². The van der Waals surface area contributed by atoms with Crippen LogP contribution in [0.4, 0.5) is 4.79 Å². The second-order valence-electron chi connectivity index (χ2n) is 3.33. The van der Waals surface area contributed by atoms with Crippen LogP contribution >= 0.6 is 0 Å². The Hall–Kier alpha value is -0.770. The number of aliphatic hydroxyl groups excluding tert-OH is 1. The van der Waals surface area contributed by atoms with Crippen molar-refractivity contribution in [3.8, 4) is 0 Å². The molecule has 0 aliphatic heterocycles. The molecule has 2 N–H and O–H groups in total. The summed E-state index contributed by atoms with van der Waals surface area (Å²) in [7, 11) is 0. The Morgan fingerprint density at radius 3 is 2.00 bits per heavy atom. The van der Waals surface area contributed by atoms with Gasteiger partial charge in [0.25, 0.3) is 0 Å². The zero-order valence-corrected chi connectivity index (χ0v) is 7.16. The fraction of sp³-hybridized carbons (Fsp3) is 0.857. The monoisotopic (exact) mass is 161 g/mol. The largest absolute Gasteiger partial charge is 0.465 e. The first-order chi connectivity index (χ1) is 4.89. The summed E-state index contributed by atoms with van der Waals surface area (Å²) in [5.74, 6) is 0. The molecule has 0 aromatic rings. The highest BCUT2D eigenvalue weighted by molar-refractivity contribution is 5.65. The van der Waals surface area contributed by atoms with Crippen LogP contribution in [0, 0.1) is 0 Å². The van der Waals surface area contributed by atoms with Gasteiger partial charge in [-0.3, -0.25) is 0 Å². The maximum absolute atomic E-state index is 10.6. The zero-order chi connectivity index (χ0) is 9.07. The number of β-amino-alcohol motifs (C(OH)–C–C–N with tert-alkyl or cyclic N) is 1. The van der Waals surface area contributed by atoms with Gasteiger partial charge in [-0.2, -0.15) is 0 Å². The highest BCUT2D eigenvalue weighted by atomic mass is 16.4. The number of carbonyl (C=O) groups is 1. The van der Waals surface area contributed by atoms with Crippen molar-refractivity contribution in [2.45, 2.75) is 26.3 Å². The van der Waals surface area contributed by atoms with Crippen LogP contribution in [0.3, 0.4) is 0 Å². The number of rotatable bonds is 2. The Labute approximate surface area is 66.4 Å². The molecule has 0 aliphatic rings. The molecule has 0 heterocycles. The van der Waals surface area contributed by atoms with Crippen LogP contribution in [0.15, 0.2) is 0 Å². The Bertz CT molecular complexity index is 139. The third-order valence-electron chi connectivity index (χ3n) is 1.36. The summed E-state index contributed by atoms with van der Waals surface area (Å²) in [4.78, 5) is 11.8. The van der Waals surface area contributed by atoms with Crippen LogP contribution < -0.4 is 0 Å². The van der Waals surface area contributed by atoms with Crippen molar-refractivity contribution >= 4 is 6.09 Å². The number of nitrogens with zero attached hydrogens (tertiary/aromatic N) is 1. The standard InChI is InChI=1S/C7H15NO3/c1-7(2,3)8(4-5-9)6(10)11/h9H,4-5H2,1-3H3,(H,10,11). The van der Waals surface area contributed by atoms with E-state index in [0.717, 1.165) is 0 Å². The molecule has 0 spiro atoms. The molecule has 0 saturated carbocycles. The van der Waals surface area contributed by atoms with Gasteiger partial charge in [-0.05, 0) is 20.8 Å². The Morgan fingerprint density at radius 1 is 1.45 bits per heavy atom. The summed E-state index contributed by atoms with van der Waals surface area (Å²) in [5.41, 5.74) is -0.436. The van der Waals surface area contributed by atoms with Crippen LogP contribution in [0.1, 0.15) is 20.8 Å². The molecule has 0 fully saturated rings. The minimum absolute atomic E-state index is 0.135. The van der Waals surface area contributed by atoms with E-state index in [2.05, 4.69) is 0 Å². The molecule has 4 heteroatoms. The normalized spacial score (nSPS) is 11.3. The first-order valence-electron chi connectivity index (χ1n) is 3.51. The van der Waals surface area contributed by atoms with Crippen molar-refractivity contribution in [2.75, 3.05) is 13.2 Å². The number of carboxylic acid groups (broad SMARTS) is 1. The molecule has 0 atom stereocenters. The summed E-state index contributed by atoms with van der Waals surface area (Å²) >= 11 is 0. The molecule has 66 valence electrons. The predicted octanol–water partition coefficient (Wildman–Crippen LogP) is 0.757. The van der Waals surface area contributed by atoms with Crippen LogP contribution in [-0.2, 0) is 0 Å². The van der Waals surface area contributed by atoms with Gasteiger partial charge in [0.1, 0.15) is 0 Å². The number of hydrogen-bond donors (Lipinski definition) is 2. The van der Waals surface area contributed by atoms with Gasteiger partial charge >= 0.3 is 6.09 Å². The van der Waals surface area contributed by atoms with E-state index in [-0.39, 0.29) is 13.2 Å². The van der Waals surface area contributed by atoms with Crippen LogP contribution in [-0.4, -0.2) is 39.9 Å². The Balaban J connectivity index is 4.22. The lowest BCUT2D eigenvalue weighted by Gasteiger charge is -2.32. The Kier molecular flexibility index (Phi) is 3.32. The zero-order valence-electron chi connectivity index (χ0n) is 7.16. The lowest BCUT2D eigenvalue weighted by atomic mass is 10.1. The third-order valence-corrected chi connectivity index (χ3v) is 1.36. The van der Waals surface area contributed by atoms with Gasteiger partial charge in [-0.25, -0.2) is 4.79 Å². The fourth-order valence-corrected chi connectivity index (χ4v) is 0.818. The summed E-state index contributed by atoms with van der Waals surface area (Å²) in [6.07, 6.45) is -0.994. The molecular formula is C7H15NO3. The van der Waals surface area contributed by atoms with Gasteiger partial charge in [0.05, 0.1) is 6.61 Å². The molecule has 0 radical (unpaired) electrons. The second-order valence-corrected chi connectivity index (χ2v) is 3.33. The fourth-order valence-electron chi connectivity index (χ4n) is 0.818. The molecule has 11 heavy (non-hydrogen) atoms. The highest BCUT2D eigenvalue weighted by Gasteiger charge is 2.24. The van der Waals surface area contributed by atoms with Gasteiger partial charge in [-0.1, -0.05) is 0 Å². The molecule has 0 aromatic carbocycles. The van der Waals surface area contributed by atoms with Crippen molar-refractivity contribution in [1.82, 2.24) is 4.90 Å². The maximum atomic E-state index is 10.6. The molecule has 0 saturated heterocycles. The number of amides is 1. The lowest BCUT2D eigenvalue weighted by Crippen LogP contribution is -2.46. The van der Waals surface area contributed by atoms with E-state index >= 15 is 0 Å². The van der Waals surface area contributed by atoms with Gasteiger partial charge in [0.15, 0.2) is 0 Å². The third kappa shape index (κ3) is 3.23. The van der Waals surface area contributed by atoms with Crippen molar-refractivity contribution in [2.24, 2.45) is 0 Å². The minimum Gasteiger partial charge on any atom is -0.465 e. The van der Waals surface area contributed by atoms with E-state index in [1.807, 2.05) is 0 Å². The first kappa shape index (κ1) is 10.2. The van der Waals surface area contributed by atoms with E-state index in [1.54, 1.807) is 20.8 Å². The van der Waals surface area contributed by atoms with E-state index in [9.17, 15) is 4.79 Å². The molecule has 0 unspecified atom stereocenters. The van der Waals surface area contributed by atoms with Crippen molar-refractivity contribution < 1.29 is 15.0 Å². The molecule has 1 amide bonds. The maximum Gasteiger partial charge on any atom is 0.407 e. The summed E-state index contributed by atoms with van der Waals surface area (Å²) in [6.45, 7) is 5.40. The Morgan fingerprint density at radius 2 is 1.91 bits per heavy atom. The van der Waals surface area contributed by atoms with Gasteiger partial charge < -0.3 is 15.1 Å². The summed E-state index contributed by atoms with van der Waals surface area (Å²) in [5, 5.41) is 17.2. The average Bonchev–Trinajstić information content (AvgIpc) is 1.79. The van der Waals surface area contributed by atoms with E-state index < -0.39 is 11.6 Å². The summed E-state index contributed by atoms with van der Waals surface area (Å²) in [6, 6.07) is 0. The van der Waals surface area contributed by atoms with Crippen LogP contribution in [0.2, 0.25) is 0 Å². The smallest absolute Gasteiger partial charge is 0.407 e. The quantitative estimate of drug-likeness (QED) is 0.628. The van der Waals surface area contributed by atoms with Gasteiger partial charge in [0.2, 0.25) is 0 Å². The average molecular weight is 161 g/mol.